The van der Waals surface area contributed by atoms with Crippen molar-refractivity contribution in [3.05, 3.63) is 54.2 Å². The van der Waals surface area contributed by atoms with Crippen molar-refractivity contribution in [2.45, 2.75) is 52.0 Å². The first-order valence-corrected chi connectivity index (χ1v) is 8.57. The van der Waals surface area contributed by atoms with Crippen LogP contribution in [0.5, 0.6) is 0 Å². The first-order chi connectivity index (χ1) is 11.4. The fraction of sp³-hybridized carbons (Fsp3) is 0.421. The van der Waals surface area contributed by atoms with Crippen molar-refractivity contribution in [2.24, 2.45) is 0 Å². The Hall–Kier alpha value is -2.23. The van der Waals surface area contributed by atoms with Gasteiger partial charge in [-0.05, 0) is 31.2 Å². The van der Waals surface area contributed by atoms with Gasteiger partial charge < -0.3 is 4.57 Å². The molecule has 3 aromatic rings. The van der Waals surface area contributed by atoms with Gasteiger partial charge in [0.05, 0.1) is 12.5 Å². The van der Waals surface area contributed by atoms with Gasteiger partial charge in [0.15, 0.2) is 5.65 Å². The third kappa shape index (κ3) is 4.15. The van der Waals surface area contributed by atoms with Gasteiger partial charge in [-0.2, -0.15) is 0 Å². The minimum Gasteiger partial charge on any atom is -0.328 e. The lowest BCUT2D eigenvalue weighted by Gasteiger charge is -2.05. The van der Waals surface area contributed by atoms with Gasteiger partial charge >= 0.3 is 0 Å². The van der Waals surface area contributed by atoms with E-state index in [9.17, 15) is 0 Å². The number of hydrogen-bond donors (Lipinski definition) is 0. The second-order valence-electron chi connectivity index (χ2n) is 5.98. The molecule has 0 fully saturated rings. The lowest BCUT2D eigenvalue weighted by molar-refractivity contribution is 0.620. The zero-order valence-corrected chi connectivity index (χ0v) is 13.8. The lowest BCUT2D eigenvalue weighted by atomic mass is 10.1. The van der Waals surface area contributed by atoms with Gasteiger partial charge in [-0.1, -0.05) is 43.7 Å². The molecule has 0 amide bonds. The molecule has 0 atom stereocenters. The number of fused-ring (bicyclic) bond motifs is 1. The second-order valence-corrected chi connectivity index (χ2v) is 5.98. The van der Waals surface area contributed by atoms with Crippen LogP contribution in [-0.2, 0) is 19.4 Å². The molecule has 1 aromatic carbocycles. The number of nitrogens with zero attached hydrogens (tertiary/aromatic N) is 4. The molecule has 0 aliphatic rings. The van der Waals surface area contributed by atoms with Crippen molar-refractivity contribution in [2.75, 3.05) is 0 Å². The van der Waals surface area contributed by atoms with Gasteiger partial charge in [0, 0.05) is 13.0 Å². The summed E-state index contributed by atoms with van der Waals surface area (Å²) in [5, 5.41) is 0. The summed E-state index contributed by atoms with van der Waals surface area (Å²) >= 11 is 0. The number of hydrogen-bond acceptors (Lipinski definition) is 3. The molecule has 0 spiro atoms. The number of unbranched alkanes of at least 4 members (excludes halogenated alkanes) is 2. The van der Waals surface area contributed by atoms with Crippen LogP contribution in [0.2, 0.25) is 0 Å². The summed E-state index contributed by atoms with van der Waals surface area (Å²) in [6, 6.07) is 10.7. The first-order valence-electron chi connectivity index (χ1n) is 8.57. The molecule has 0 saturated heterocycles. The minimum absolute atomic E-state index is 0.828. The fourth-order valence-corrected chi connectivity index (χ4v) is 2.78. The average Bonchev–Trinajstić information content (AvgIpc) is 3.00. The van der Waals surface area contributed by atoms with Crippen LogP contribution in [0.3, 0.4) is 0 Å². The predicted molar refractivity (Wildman–Crippen MR) is 93.3 cm³/mol. The maximum atomic E-state index is 4.57. The van der Waals surface area contributed by atoms with Gasteiger partial charge in [0.1, 0.15) is 11.3 Å². The summed E-state index contributed by atoms with van der Waals surface area (Å²) in [6.07, 6.45) is 10.5. The van der Waals surface area contributed by atoms with Crippen LogP contribution in [0.4, 0.5) is 0 Å². The average molecular weight is 308 g/mol. The monoisotopic (exact) mass is 308 g/mol. The fourth-order valence-electron chi connectivity index (χ4n) is 2.78. The highest BCUT2D eigenvalue weighted by Gasteiger charge is 2.06. The molecule has 0 radical (unpaired) electrons. The van der Waals surface area contributed by atoms with E-state index >= 15 is 0 Å². The Morgan fingerprint density at radius 3 is 2.65 bits per heavy atom. The molecular weight excluding hydrogens is 284 g/mol. The van der Waals surface area contributed by atoms with E-state index in [-0.39, 0.29) is 0 Å². The quantitative estimate of drug-likeness (QED) is 0.586. The molecule has 120 valence electrons. The summed E-state index contributed by atoms with van der Waals surface area (Å²) in [5.41, 5.74) is 3.28. The first kappa shape index (κ1) is 15.7. The van der Waals surface area contributed by atoms with Crippen LogP contribution in [0.25, 0.3) is 11.2 Å². The summed E-state index contributed by atoms with van der Waals surface area (Å²) in [7, 11) is 0. The molecule has 2 aromatic heterocycles. The molecule has 0 N–H and O–H groups in total. The van der Waals surface area contributed by atoms with Crippen LogP contribution >= 0.6 is 0 Å². The molecule has 0 bridgehead atoms. The van der Waals surface area contributed by atoms with Crippen molar-refractivity contribution in [3.8, 4) is 0 Å². The number of benzene rings is 1. The van der Waals surface area contributed by atoms with Gasteiger partial charge in [-0.3, -0.25) is 0 Å². The van der Waals surface area contributed by atoms with Crippen molar-refractivity contribution in [1.82, 2.24) is 19.5 Å². The van der Waals surface area contributed by atoms with Crippen LogP contribution in [-0.4, -0.2) is 19.5 Å². The lowest BCUT2D eigenvalue weighted by Crippen LogP contribution is -1.99. The molecule has 0 aliphatic carbocycles. The zero-order chi connectivity index (χ0) is 15.9. The van der Waals surface area contributed by atoms with Crippen LogP contribution in [0.15, 0.2) is 42.9 Å². The van der Waals surface area contributed by atoms with E-state index in [1.54, 1.807) is 0 Å². The highest BCUT2D eigenvalue weighted by molar-refractivity contribution is 5.69. The normalized spacial score (nSPS) is 11.2. The minimum atomic E-state index is 0.828. The highest BCUT2D eigenvalue weighted by Crippen LogP contribution is 2.12. The molecule has 23 heavy (non-hydrogen) atoms. The molecule has 2 heterocycles. The Balaban J connectivity index is 1.56. The molecule has 0 saturated carbocycles. The van der Waals surface area contributed by atoms with Gasteiger partial charge in [0.2, 0.25) is 0 Å². The molecular formula is C19H24N4. The maximum absolute atomic E-state index is 4.57. The van der Waals surface area contributed by atoms with E-state index in [0.29, 0.717) is 0 Å². The van der Waals surface area contributed by atoms with Crippen molar-refractivity contribution in [1.29, 1.82) is 0 Å². The van der Waals surface area contributed by atoms with E-state index in [1.165, 1.54) is 12.0 Å². The third-order valence-corrected chi connectivity index (χ3v) is 4.14. The Kier molecular flexibility index (Phi) is 5.35. The van der Waals surface area contributed by atoms with E-state index in [4.69, 9.17) is 0 Å². The van der Waals surface area contributed by atoms with Crippen LogP contribution < -0.4 is 0 Å². The van der Waals surface area contributed by atoms with Gasteiger partial charge in [-0.25, -0.2) is 15.0 Å². The molecule has 0 unspecified atom stereocenters. The molecule has 4 nitrogen and oxygen atoms in total. The number of aryl methyl sites for hydroxylation is 3. The zero-order valence-electron chi connectivity index (χ0n) is 13.8. The molecule has 4 heteroatoms. The van der Waals surface area contributed by atoms with E-state index in [1.807, 2.05) is 12.5 Å². The Morgan fingerprint density at radius 1 is 0.957 bits per heavy atom. The summed E-state index contributed by atoms with van der Waals surface area (Å²) < 4.78 is 2.17. The summed E-state index contributed by atoms with van der Waals surface area (Å²) in [4.78, 5) is 13.5. The second kappa shape index (κ2) is 7.86. The predicted octanol–water partition coefficient (Wildman–Crippen LogP) is 4.19. The maximum Gasteiger partial charge on any atom is 0.181 e. The van der Waals surface area contributed by atoms with E-state index in [2.05, 4.69) is 56.8 Å². The summed E-state index contributed by atoms with van der Waals surface area (Å²) in [5.74, 6) is 0.911. The van der Waals surface area contributed by atoms with Gasteiger partial charge in [-0.15, -0.1) is 0 Å². The topological polar surface area (TPSA) is 43.6 Å². The number of imidazole rings is 1. The summed E-state index contributed by atoms with van der Waals surface area (Å²) in [6.45, 7) is 3.16. The van der Waals surface area contributed by atoms with Crippen LogP contribution in [0, 0.1) is 0 Å². The van der Waals surface area contributed by atoms with E-state index < -0.39 is 0 Å². The highest BCUT2D eigenvalue weighted by atomic mass is 15.1. The Morgan fingerprint density at radius 2 is 1.83 bits per heavy atom. The smallest absolute Gasteiger partial charge is 0.181 e. The molecule has 0 aliphatic heterocycles. The Labute approximate surface area is 137 Å². The Bertz CT molecular complexity index is 733. The van der Waals surface area contributed by atoms with Gasteiger partial charge in [0.25, 0.3) is 0 Å². The SMILES string of the molecule is CCCCc1ncc2c(ncn2CCCCc2ccccc2)n1. The van der Waals surface area contributed by atoms with Crippen molar-refractivity contribution >= 4 is 11.2 Å². The third-order valence-electron chi connectivity index (χ3n) is 4.14. The van der Waals surface area contributed by atoms with E-state index in [0.717, 1.165) is 55.6 Å². The van der Waals surface area contributed by atoms with Crippen LogP contribution in [0.1, 0.15) is 44.0 Å². The largest absolute Gasteiger partial charge is 0.328 e. The van der Waals surface area contributed by atoms with Crippen molar-refractivity contribution in [3.63, 3.8) is 0 Å². The molecule has 3 rings (SSSR count). The standard InChI is InChI=1S/C19H24N4/c1-2-3-12-18-20-14-17-19(22-18)21-15-23(17)13-8-7-11-16-9-5-4-6-10-16/h4-6,9-10,14-15H,2-3,7-8,11-13H2,1H3. The number of aromatic nitrogens is 4. The number of rotatable bonds is 8. The van der Waals surface area contributed by atoms with Crippen molar-refractivity contribution < 1.29 is 0 Å².